The topological polar surface area (TPSA) is 53.6 Å². The fourth-order valence-corrected chi connectivity index (χ4v) is 2.98. The van der Waals surface area contributed by atoms with E-state index in [2.05, 4.69) is 20.3 Å². The molecule has 0 radical (unpaired) electrons. The Balaban J connectivity index is 1.48. The number of hydrogen-bond donors (Lipinski definition) is 2. The molecule has 0 fully saturated rings. The van der Waals surface area contributed by atoms with E-state index in [1.807, 2.05) is 42.6 Å². The molecular formula is C20H16ClFN4. The van der Waals surface area contributed by atoms with E-state index in [0.717, 1.165) is 22.2 Å². The van der Waals surface area contributed by atoms with Gasteiger partial charge in [-0.2, -0.15) is 4.39 Å². The summed E-state index contributed by atoms with van der Waals surface area (Å²) in [6, 6.07) is 14.9. The summed E-state index contributed by atoms with van der Waals surface area (Å²) >= 11 is 5.87. The molecule has 0 saturated heterocycles. The molecule has 4 rings (SSSR count). The predicted molar refractivity (Wildman–Crippen MR) is 102 cm³/mol. The lowest BCUT2D eigenvalue weighted by molar-refractivity contribution is 0.571. The quantitative estimate of drug-likeness (QED) is 0.491. The second-order valence-electron chi connectivity index (χ2n) is 6.02. The van der Waals surface area contributed by atoms with Gasteiger partial charge in [-0.05, 0) is 41.5 Å². The van der Waals surface area contributed by atoms with E-state index in [9.17, 15) is 4.39 Å². The van der Waals surface area contributed by atoms with Crippen LogP contribution in [0.3, 0.4) is 0 Å². The number of halogens is 2. The van der Waals surface area contributed by atoms with Crippen LogP contribution in [0.25, 0.3) is 11.0 Å². The normalized spacial score (nSPS) is 11.0. The average molecular weight is 367 g/mol. The molecule has 0 aliphatic heterocycles. The number of pyridine rings is 2. The van der Waals surface area contributed by atoms with Gasteiger partial charge in [0.1, 0.15) is 11.5 Å². The van der Waals surface area contributed by atoms with Gasteiger partial charge in [0.2, 0.25) is 5.95 Å². The summed E-state index contributed by atoms with van der Waals surface area (Å²) in [6.45, 7) is 0.553. The molecular weight excluding hydrogens is 351 g/mol. The number of benzene rings is 1. The first-order valence-corrected chi connectivity index (χ1v) is 8.61. The van der Waals surface area contributed by atoms with Crippen LogP contribution in [0.5, 0.6) is 0 Å². The van der Waals surface area contributed by atoms with Crippen LogP contribution in [0, 0.1) is 5.95 Å². The molecule has 0 unspecified atom stereocenters. The lowest BCUT2D eigenvalue weighted by Crippen LogP contribution is -2.04. The third kappa shape index (κ3) is 3.53. The maximum absolute atomic E-state index is 14.4. The Morgan fingerprint density at radius 1 is 1.04 bits per heavy atom. The molecule has 1 aromatic carbocycles. The van der Waals surface area contributed by atoms with Crippen molar-refractivity contribution in [3.05, 3.63) is 88.6 Å². The van der Waals surface area contributed by atoms with Crippen molar-refractivity contribution in [2.75, 3.05) is 5.32 Å². The summed E-state index contributed by atoms with van der Waals surface area (Å²) in [7, 11) is 0. The maximum atomic E-state index is 14.4. The van der Waals surface area contributed by atoms with Crippen molar-refractivity contribution in [1.82, 2.24) is 15.0 Å². The van der Waals surface area contributed by atoms with Gasteiger partial charge in [-0.15, -0.1) is 0 Å². The van der Waals surface area contributed by atoms with Crippen molar-refractivity contribution in [3.8, 4) is 0 Å². The molecule has 2 N–H and O–H groups in total. The zero-order valence-corrected chi connectivity index (χ0v) is 14.6. The minimum Gasteiger partial charge on any atom is -0.366 e. The van der Waals surface area contributed by atoms with Gasteiger partial charge in [0, 0.05) is 41.3 Å². The van der Waals surface area contributed by atoms with Crippen molar-refractivity contribution in [2.45, 2.75) is 13.0 Å². The van der Waals surface area contributed by atoms with E-state index in [1.165, 1.54) is 0 Å². The number of aromatic nitrogens is 3. The minimum atomic E-state index is -0.468. The highest BCUT2D eigenvalue weighted by atomic mass is 35.5. The molecule has 130 valence electrons. The molecule has 0 bridgehead atoms. The molecule has 3 heterocycles. The number of hydrogen-bond acceptors (Lipinski definition) is 3. The van der Waals surface area contributed by atoms with Gasteiger partial charge >= 0.3 is 0 Å². The van der Waals surface area contributed by atoms with Gasteiger partial charge in [-0.1, -0.05) is 29.8 Å². The summed E-state index contributed by atoms with van der Waals surface area (Å²) < 4.78 is 14.4. The largest absolute Gasteiger partial charge is 0.366 e. The van der Waals surface area contributed by atoms with Crippen LogP contribution in [0.1, 0.15) is 16.7 Å². The molecule has 6 heteroatoms. The van der Waals surface area contributed by atoms with E-state index in [-0.39, 0.29) is 0 Å². The van der Waals surface area contributed by atoms with E-state index in [1.54, 1.807) is 18.3 Å². The molecule has 0 saturated carbocycles. The molecule has 0 spiro atoms. The van der Waals surface area contributed by atoms with Gasteiger partial charge in [0.15, 0.2) is 0 Å². The van der Waals surface area contributed by atoms with Crippen LogP contribution in [0.15, 0.2) is 60.9 Å². The summed E-state index contributed by atoms with van der Waals surface area (Å²) in [5, 5.41) is 4.81. The van der Waals surface area contributed by atoms with Crippen molar-refractivity contribution in [1.29, 1.82) is 0 Å². The second kappa shape index (κ2) is 7.14. The first-order chi connectivity index (χ1) is 12.7. The number of nitrogens with zero attached hydrogens (tertiary/aromatic N) is 2. The Hall–Kier alpha value is -2.92. The Kier molecular flexibility index (Phi) is 4.54. The van der Waals surface area contributed by atoms with Gasteiger partial charge < -0.3 is 10.3 Å². The van der Waals surface area contributed by atoms with Crippen molar-refractivity contribution in [3.63, 3.8) is 0 Å². The third-order valence-corrected chi connectivity index (χ3v) is 4.48. The lowest BCUT2D eigenvalue weighted by Gasteiger charge is -2.08. The fourth-order valence-electron chi connectivity index (χ4n) is 2.85. The highest BCUT2D eigenvalue weighted by molar-refractivity contribution is 6.30. The number of fused-ring (bicyclic) bond motifs is 1. The Morgan fingerprint density at radius 3 is 2.69 bits per heavy atom. The summed E-state index contributed by atoms with van der Waals surface area (Å²) in [6.07, 6.45) is 4.05. The second-order valence-corrected chi connectivity index (χ2v) is 6.45. The van der Waals surface area contributed by atoms with Crippen molar-refractivity contribution < 1.29 is 4.39 Å². The number of aromatic amines is 1. The van der Waals surface area contributed by atoms with Crippen LogP contribution >= 0.6 is 11.6 Å². The maximum Gasteiger partial charge on any atom is 0.218 e. The minimum absolute atomic E-state index is 0.460. The molecule has 4 aromatic rings. The molecule has 0 atom stereocenters. The number of H-pyrrole nitrogens is 1. The highest BCUT2D eigenvalue weighted by Gasteiger charge is 2.10. The van der Waals surface area contributed by atoms with Crippen LogP contribution in [0.2, 0.25) is 5.02 Å². The molecule has 0 aliphatic carbocycles. The number of rotatable bonds is 5. The molecule has 26 heavy (non-hydrogen) atoms. The fraction of sp³-hybridized carbons (Fsp3) is 0.100. The van der Waals surface area contributed by atoms with Crippen LogP contribution in [-0.4, -0.2) is 15.0 Å². The zero-order chi connectivity index (χ0) is 17.9. The average Bonchev–Trinajstić information content (AvgIpc) is 3.06. The third-order valence-electron chi connectivity index (χ3n) is 4.23. The van der Waals surface area contributed by atoms with Crippen LogP contribution < -0.4 is 5.32 Å². The Labute approximate surface area is 155 Å². The number of anilines is 1. The first kappa shape index (κ1) is 16.5. The van der Waals surface area contributed by atoms with Crippen LogP contribution in [0.4, 0.5) is 10.2 Å². The molecule has 3 aromatic heterocycles. The molecule has 4 nitrogen and oxygen atoms in total. The van der Waals surface area contributed by atoms with E-state index < -0.39 is 5.95 Å². The Bertz CT molecular complexity index is 1040. The number of nitrogens with one attached hydrogen (secondary N) is 2. The van der Waals surface area contributed by atoms with Gasteiger partial charge in [0.05, 0.1) is 0 Å². The van der Waals surface area contributed by atoms with Crippen molar-refractivity contribution >= 4 is 28.5 Å². The zero-order valence-electron chi connectivity index (χ0n) is 13.8. The van der Waals surface area contributed by atoms with E-state index in [0.29, 0.717) is 29.4 Å². The van der Waals surface area contributed by atoms with Crippen LogP contribution in [-0.2, 0) is 13.0 Å². The predicted octanol–water partition coefficient (Wildman–Crippen LogP) is 4.95. The monoisotopic (exact) mass is 366 g/mol. The Morgan fingerprint density at radius 2 is 1.88 bits per heavy atom. The summed E-state index contributed by atoms with van der Waals surface area (Å²) in [5.74, 6) is 0.0335. The van der Waals surface area contributed by atoms with E-state index >= 15 is 0 Å². The molecule has 0 amide bonds. The molecule has 0 aliphatic rings. The summed E-state index contributed by atoms with van der Waals surface area (Å²) in [4.78, 5) is 11.4. The lowest BCUT2D eigenvalue weighted by atomic mass is 10.1. The highest BCUT2D eigenvalue weighted by Crippen LogP contribution is 2.21. The van der Waals surface area contributed by atoms with Gasteiger partial charge in [-0.3, -0.25) is 0 Å². The smallest absolute Gasteiger partial charge is 0.218 e. The summed E-state index contributed by atoms with van der Waals surface area (Å²) in [5.41, 5.74) is 3.39. The first-order valence-electron chi connectivity index (χ1n) is 8.24. The van der Waals surface area contributed by atoms with Gasteiger partial charge in [-0.25, -0.2) is 9.97 Å². The standard InChI is InChI=1S/C20H16ClFN4/c21-16-6-3-13(4-7-16)11-24-18-8-5-14(19(22)26-18)10-15-12-25-20-17(15)2-1-9-23-20/h1-9,12H,10-11H2,(H,23,25)(H,24,26). The van der Waals surface area contributed by atoms with Crippen molar-refractivity contribution in [2.24, 2.45) is 0 Å². The van der Waals surface area contributed by atoms with Gasteiger partial charge in [0.25, 0.3) is 0 Å². The SMILES string of the molecule is Fc1nc(NCc2ccc(Cl)cc2)ccc1Cc1c[nH]c2ncccc12. The van der Waals surface area contributed by atoms with E-state index in [4.69, 9.17) is 11.6 Å².